The standard InChI is InChI=1S/C11H11N3O2S/c1-16-10(15)9-5-3-2-4-8(9)6-12-11-14-13-7-17-11/h2-5,7H,6H2,1H3,(H,12,14). The fourth-order valence-electron chi connectivity index (χ4n) is 1.40. The number of methoxy groups -OCH3 is 1. The lowest BCUT2D eigenvalue weighted by molar-refractivity contribution is 0.0599. The second-order valence-corrected chi connectivity index (χ2v) is 4.08. The minimum atomic E-state index is -0.334. The summed E-state index contributed by atoms with van der Waals surface area (Å²) in [7, 11) is 1.37. The number of esters is 1. The van der Waals surface area contributed by atoms with E-state index in [0.717, 1.165) is 10.7 Å². The van der Waals surface area contributed by atoms with Crippen LogP contribution in [0.2, 0.25) is 0 Å². The zero-order valence-corrected chi connectivity index (χ0v) is 10.0. The molecule has 0 aliphatic rings. The van der Waals surface area contributed by atoms with Crippen LogP contribution in [0.15, 0.2) is 29.8 Å². The summed E-state index contributed by atoms with van der Waals surface area (Å²) in [4.78, 5) is 11.5. The first kappa shape index (κ1) is 11.5. The Morgan fingerprint density at radius 3 is 3.00 bits per heavy atom. The zero-order valence-electron chi connectivity index (χ0n) is 9.21. The molecule has 2 aromatic rings. The maximum atomic E-state index is 11.5. The Bertz CT molecular complexity index is 499. The van der Waals surface area contributed by atoms with Crippen LogP contribution in [-0.2, 0) is 11.3 Å². The van der Waals surface area contributed by atoms with Crippen molar-refractivity contribution in [3.05, 3.63) is 40.9 Å². The lowest BCUT2D eigenvalue weighted by Crippen LogP contribution is -2.08. The van der Waals surface area contributed by atoms with Gasteiger partial charge in [0.1, 0.15) is 5.51 Å². The van der Waals surface area contributed by atoms with E-state index in [-0.39, 0.29) is 5.97 Å². The van der Waals surface area contributed by atoms with E-state index in [1.54, 1.807) is 17.6 Å². The molecule has 2 rings (SSSR count). The first-order valence-corrected chi connectivity index (χ1v) is 5.85. The van der Waals surface area contributed by atoms with Gasteiger partial charge in [-0.25, -0.2) is 4.79 Å². The van der Waals surface area contributed by atoms with Gasteiger partial charge in [0.25, 0.3) is 0 Å². The second kappa shape index (κ2) is 5.40. The Morgan fingerprint density at radius 2 is 2.29 bits per heavy atom. The number of ether oxygens (including phenoxy) is 1. The SMILES string of the molecule is COC(=O)c1ccccc1CNc1nncs1. The third-order valence-corrected chi connectivity index (χ3v) is 2.86. The average Bonchev–Trinajstić information content (AvgIpc) is 2.89. The number of aromatic nitrogens is 2. The minimum absolute atomic E-state index is 0.334. The van der Waals surface area contributed by atoms with Crippen molar-refractivity contribution in [2.24, 2.45) is 0 Å². The fraction of sp³-hybridized carbons (Fsp3) is 0.182. The van der Waals surface area contributed by atoms with Gasteiger partial charge in [-0.2, -0.15) is 0 Å². The van der Waals surface area contributed by atoms with Crippen LogP contribution < -0.4 is 5.32 Å². The number of nitrogens with one attached hydrogen (secondary N) is 1. The van der Waals surface area contributed by atoms with Gasteiger partial charge in [-0.3, -0.25) is 0 Å². The minimum Gasteiger partial charge on any atom is -0.465 e. The van der Waals surface area contributed by atoms with E-state index in [1.165, 1.54) is 18.4 Å². The lowest BCUT2D eigenvalue weighted by Gasteiger charge is -2.07. The number of nitrogens with zero attached hydrogens (tertiary/aromatic N) is 2. The number of anilines is 1. The van der Waals surface area contributed by atoms with Gasteiger partial charge < -0.3 is 10.1 Å². The van der Waals surface area contributed by atoms with E-state index in [4.69, 9.17) is 4.74 Å². The summed E-state index contributed by atoms with van der Waals surface area (Å²) in [5, 5.41) is 11.4. The van der Waals surface area contributed by atoms with Crippen LogP contribution in [0.5, 0.6) is 0 Å². The molecule has 1 aromatic carbocycles. The van der Waals surface area contributed by atoms with Crippen LogP contribution in [0, 0.1) is 0 Å². The molecule has 0 unspecified atom stereocenters. The molecular formula is C11H11N3O2S. The molecule has 0 spiro atoms. The molecule has 0 aliphatic carbocycles. The zero-order chi connectivity index (χ0) is 12.1. The van der Waals surface area contributed by atoms with Crippen LogP contribution in [0.1, 0.15) is 15.9 Å². The highest BCUT2D eigenvalue weighted by Crippen LogP contribution is 2.14. The summed E-state index contributed by atoms with van der Waals surface area (Å²) in [6.07, 6.45) is 0. The molecular weight excluding hydrogens is 238 g/mol. The molecule has 5 nitrogen and oxygen atoms in total. The molecule has 1 N–H and O–H groups in total. The highest BCUT2D eigenvalue weighted by atomic mass is 32.1. The van der Waals surface area contributed by atoms with Crippen LogP contribution in [0.4, 0.5) is 5.13 Å². The summed E-state index contributed by atoms with van der Waals surface area (Å²) in [5.41, 5.74) is 3.08. The summed E-state index contributed by atoms with van der Waals surface area (Å²) in [5.74, 6) is -0.334. The molecule has 0 bridgehead atoms. The Balaban J connectivity index is 2.12. The molecule has 0 saturated carbocycles. The molecule has 0 radical (unpaired) electrons. The van der Waals surface area contributed by atoms with E-state index in [9.17, 15) is 4.79 Å². The van der Waals surface area contributed by atoms with Crippen LogP contribution in [0.3, 0.4) is 0 Å². The number of hydrogen-bond acceptors (Lipinski definition) is 6. The first-order chi connectivity index (χ1) is 8.31. The first-order valence-electron chi connectivity index (χ1n) is 4.97. The highest BCUT2D eigenvalue weighted by molar-refractivity contribution is 7.13. The van der Waals surface area contributed by atoms with Crippen molar-refractivity contribution in [2.75, 3.05) is 12.4 Å². The molecule has 88 valence electrons. The Labute approximate surface area is 102 Å². The largest absolute Gasteiger partial charge is 0.465 e. The van der Waals surface area contributed by atoms with Gasteiger partial charge in [0.05, 0.1) is 12.7 Å². The number of hydrogen-bond donors (Lipinski definition) is 1. The van der Waals surface area contributed by atoms with E-state index in [0.29, 0.717) is 12.1 Å². The molecule has 0 fully saturated rings. The van der Waals surface area contributed by atoms with E-state index < -0.39 is 0 Å². The second-order valence-electron chi connectivity index (χ2n) is 3.25. The van der Waals surface area contributed by atoms with Gasteiger partial charge >= 0.3 is 5.97 Å². The van der Waals surface area contributed by atoms with Crippen molar-refractivity contribution < 1.29 is 9.53 Å². The molecule has 0 amide bonds. The summed E-state index contributed by atoms with van der Waals surface area (Å²) < 4.78 is 4.72. The van der Waals surface area contributed by atoms with Crippen molar-refractivity contribution >= 4 is 22.4 Å². The lowest BCUT2D eigenvalue weighted by atomic mass is 10.1. The van der Waals surface area contributed by atoms with E-state index in [1.807, 2.05) is 12.1 Å². The van der Waals surface area contributed by atoms with Crippen molar-refractivity contribution in [2.45, 2.75) is 6.54 Å². The Morgan fingerprint density at radius 1 is 1.47 bits per heavy atom. The van der Waals surface area contributed by atoms with Crippen LogP contribution in [0.25, 0.3) is 0 Å². The molecule has 6 heteroatoms. The van der Waals surface area contributed by atoms with Crippen molar-refractivity contribution in [3.8, 4) is 0 Å². The van der Waals surface area contributed by atoms with Gasteiger partial charge in [0.15, 0.2) is 0 Å². The highest BCUT2D eigenvalue weighted by Gasteiger charge is 2.10. The maximum Gasteiger partial charge on any atom is 0.338 e. The molecule has 0 aliphatic heterocycles. The summed E-state index contributed by atoms with van der Waals surface area (Å²) in [6, 6.07) is 7.30. The van der Waals surface area contributed by atoms with Crippen molar-refractivity contribution in [1.29, 1.82) is 0 Å². The third kappa shape index (κ3) is 2.79. The van der Waals surface area contributed by atoms with Crippen molar-refractivity contribution in [3.63, 3.8) is 0 Å². The van der Waals surface area contributed by atoms with Crippen molar-refractivity contribution in [1.82, 2.24) is 10.2 Å². The predicted octanol–water partition coefficient (Wildman–Crippen LogP) is 1.94. The molecule has 1 aromatic heterocycles. The monoisotopic (exact) mass is 249 g/mol. The number of rotatable bonds is 4. The fourth-order valence-corrected chi connectivity index (χ4v) is 1.85. The number of carbonyl (C=O) groups is 1. The van der Waals surface area contributed by atoms with Gasteiger partial charge in [0.2, 0.25) is 5.13 Å². The van der Waals surface area contributed by atoms with Crippen LogP contribution in [-0.4, -0.2) is 23.3 Å². The summed E-state index contributed by atoms with van der Waals surface area (Å²) >= 11 is 1.41. The van der Waals surface area contributed by atoms with Gasteiger partial charge in [-0.05, 0) is 11.6 Å². The maximum absolute atomic E-state index is 11.5. The van der Waals surface area contributed by atoms with E-state index in [2.05, 4.69) is 15.5 Å². The van der Waals surface area contributed by atoms with Crippen LogP contribution >= 0.6 is 11.3 Å². The topological polar surface area (TPSA) is 64.1 Å². The summed E-state index contributed by atoms with van der Waals surface area (Å²) in [6.45, 7) is 0.514. The normalized spacial score (nSPS) is 9.94. The molecule has 1 heterocycles. The average molecular weight is 249 g/mol. The van der Waals surface area contributed by atoms with Gasteiger partial charge in [-0.15, -0.1) is 10.2 Å². The Hall–Kier alpha value is -1.95. The molecule has 0 atom stereocenters. The molecule has 17 heavy (non-hydrogen) atoms. The predicted molar refractivity (Wildman–Crippen MR) is 65.0 cm³/mol. The quantitative estimate of drug-likeness (QED) is 0.839. The number of benzene rings is 1. The van der Waals surface area contributed by atoms with E-state index >= 15 is 0 Å². The third-order valence-electron chi connectivity index (χ3n) is 2.21. The van der Waals surface area contributed by atoms with Gasteiger partial charge in [0, 0.05) is 6.54 Å². The number of carbonyl (C=O) groups excluding carboxylic acids is 1. The molecule has 0 saturated heterocycles. The Kier molecular flexibility index (Phi) is 3.66. The smallest absolute Gasteiger partial charge is 0.338 e. The van der Waals surface area contributed by atoms with Gasteiger partial charge in [-0.1, -0.05) is 29.5 Å².